The third kappa shape index (κ3) is 8.80. The SMILES string of the molecule is CC(C)CNC(=O)[C@@H](C)N(Cc1ccc(Cl)cc1)C(=O)CCCOc1ccc(Cl)cc1. The summed E-state index contributed by atoms with van der Waals surface area (Å²) in [5.74, 6) is 0.785. The van der Waals surface area contributed by atoms with Crippen LogP contribution in [0.4, 0.5) is 0 Å². The first-order valence-electron chi connectivity index (χ1n) is 10.5. The molecule has 0 spiro atoms. The van der Waals surface area contributed by atoms with E-state index in [-0.39, 0.29) is 18.2 Å². The second-order valence-electron chi connectivity index (χ2n) is 7.87. The minimum atomic E-state index is -0.584. The van der Waals surface area contributed by atoms with Crippen LogP contribution >= 0.6 is 23.2 Å². The molecule has 5 nitrogen and oxygen atoms in total. The van der Waals surface area contributed by atoms with Crippen molar-refractivity contribution in [3.8, 4) is 5.75 Å². The van der Waals surface area contributed by atoms with Crippen molar-refractivity contribution in [2.45, 2.75) is 46.2 Å². The smallest absolute Gasteiger partial charge is 0.242 e. The Bertz CT molecular complexity index is 839. The van der Waals surface area contributed by atoms with E-state index in [9.17, 15) is 9.59 Å². The number of amides is 2. The number of halogens is 2. The highest BCUT2D eigenvalue weighted by molar-refractivity contribution is 6.30. The first-order valence-corrected chi connectivity index (χ1v) is 11.2. The molecule has 7 heteroatoms. The Balaban J connectivity index is 1.97. The van der Waals surface area contributed by atoms with Gasteiger partial charge in [0.25, 0.3) is 0 Å². The largest absolute Gasteiger partial charge is 0.494 e. The van der Waals surface area contributed by atoms with Crippen LogP contribution in [0.15, 0.2) is 48.5 Å². The van der Waals surface area contributed by atoms with Gasteiger partial charge in [-0.1, -0.05) is 49.2 Å². The van der Waals surface area contributed by atoms with Crippen LogP contribution in [0.5, 0.6) is 5.75 Å². The number of carbonyl (C=O) groups excluding carboxylic acids is 2. The maximum atomic E-state index is 13.0. The lowest BCUT2D eigenvalue weighted by atomic mass is 10.1. The lowest BCUT2D eigenvalue weighted by Gasteiger charge is -2.29. The fraction of sp³-hybridized carbons (Fsp3) is 0.417. The molecule has 0 heterocycles. The van der Waals surface area contributed by atoms with Gasteiger partial charge in [0.05, 0.1) is 6.61 Å². The fourth-order valence-corrected chi connectivity index (χ4v) is 3.16. The standard InChI is InChI=1S/C24H30Cl2N2O3/c1-17(2)15-27-24(30)18(3)28(16-19-6-8-20(25)9-7-19)23(29)5-4-14-31-22-12-10-21(26)11-13-22/h6-13,17-18H,4-5,14-16H2,1-3H3,(H,27,30)/t18-/m1/s1. The molecule has 2 aromatic rings. The predicted molar refractivity (Wildman–Crippen MR) is 125 cm³/mol. The molecule has 0 aliphatic rings. The van der Waals surface area contributed by atoms with Gasteiger partial charge >= 0.3 is 0 Å². The molecule has 0 unspecified atom stereocenters. The van der Waals surface area contributed by atoms with Crippen LogP contribution in [0.1, 0.15) is 39.2 Å². The lowest BCUT2D eigenvalue weighted by molar-refractivity contribution is -0.140. The van der Waals surface area contributed by atoms with E-state index in [1.807, 2.05) is 26.0 Å². The van der Waals surface area contributed by atoms with E-state index in [0.717, 1.165) is 5.56 Å². The molecule has 0 aliphatic carbocycles. The normalized spacial score (nSPS) is 11.8. The van der Waals surface area contributed by atoms with Crippen LogP contribution < -0.4 is 10.1 Å². The van der Waals surface area contributed by atoms with Gasteiger partial charge in [-0.2, -0.15) is 0 Å². The van der Waals surface area contributed by atoms with Gasteiger partial charge in [-0.15, -0.1) is 0 Å². The molecular weight excluding hydrogens is 435 g/mol. The molecule has 1 N–H and O–H groups in total. The average Bonchev–Trinajstić information content (AvgIpc) is 2.75. The quantitative estimate of drug-likeness (QED) is 0.456. The molecule has 0 aromatic heterocycles. The third-order valence-corrected chi connectivity index (χ3v) is 5.24. The molecular formula is C24H30Cl2N2O3. The van der Waals surface area contributed by atoms with E-state index in [4.69, 9.17) is 27.9 Å². The number of nitrogens with one attached hydrogen (secondary N) is 1. The Morgan fingerprint density at radius 3 is 2.13 bits per heavy atom. The lowest BCUT2D eigenvalue weighted by Crippen LogP contribution is -2.48. The van der Waals surface area contributed by atoms with Crippen LogP contribution in [-0.2, 0) is 16.1 Å². The summed E-state index contributed by atoms with van der Waals surface area (Å²) in [6.45, 7) is 7.12. The van der Waals surface area contributed by atoms with Crippen molar-refractivity contribution in [2.75, 3.05) is 13.2 Å². The number of benzene rings is 2. The molecule has 0 saturated heterocycles. The topological polar surface area (TPSA) is 58.6 Å². The highest BCUT2D eigenvalue weighted by Crippen LogP contribution is 2.17. The van der Waals surface area contributed by atoms with Gasteiger partial charge in [0.15, 0.2) is 0 Å². The van der Waals surface area contributed by atoms with Crippen LogP contribution in [0.2, 0.25) is 10.0 Å². The van der Waals surface area contributed by atoms with Gasteiger partial charge in [-0.05, 0) is 61.2 Å². The summed E-state index contributed by atoms with van der Waals surface area (Å²) in [5.41, 5.74) is 0.915. The number of rotatable bonds is 11. The Kier molecular flexibility index (Phi) is 10.2. The van der Waals surface area contributed by atoms with E-state index in [2.05, 4.69) is 5.32 Å². The monoisotopic (exact) mass is 464 g/mol. The summed E-state index contributed by atoms with van der Waals surface area (Å²) < 4.78 is 5.67. The van der Waals surface area contributed by atoms with Crippen molar-refractivity contribution in [1.29, 1.82) is 0 Å². The van der Waals surface area contributed by atoms with E-state index >= 15 is 0 Å². The molecule has 0 bridgehead atoms. The van der Waals surface area contributed by atoms with E-state index in [0.29, 0.717) is 47.8 Å². The van der Waals surface area contributed by atoms with E-state index < -0.39 is 6.04 Å². The van der Waals surface area contributed by atoms with Gasteiger partial charge in [-0.3, -0.25) is 9.59 Å². The summed E-state index contributed by atoms with van der Waals surface area (Å²) in [5, 5.41) is 4.19. The van der Waals surface area contributed by atoms with Gasteiger partial charge in [-0.25, -0.2) is 0 Å². The van der Waals surface area contributed by atoms with Crippen molar-refractivity contribution >= 4 is 35.0 Å². The minimum absolute atomic E-state index is 0.0955. The van der Waals surface area contributed by atoms with Crippen LogP contribution in [0.3, 0.4) is 0 Å². The third-order valence-electron chi connectivity index (χ3n) is 4.74. The second kappa shape index (κ2) is 12.6. The average molecular weight is 465 g/mol. The summed E-state index contributed by atoms with van der Waals surface area (Å²) in [7, 11) is 0. The zero-order valence-corrected chi connectivity index (χ0v) is 19.7. The highest BCUT2D eigenvalue weighted by Gasteiger charge is 2.25. The first-order chi connectivity index (χ1) is 14.8. The van der Waals surface area contributed by atoms with Gasteiger partial charge in [0, 0.05) is 29.6 Å². The maximum Gasteiger partial charge on any atom is 0.242 e. The number of ether oxygens (including phenoxy) is 1. The summed E-state index contributed by atoms with van der Waals surface area (Å²) in [6, 6.07) is 13.8. The highest BCUT2D eigenvalue weighted by atomic mass is 35.5. The molecule has 2 rings (SSSR count). The molecule has 1 atom stereocenters. The van der Waals surface area contributed by atoms with Gasteiger partial charge < -0.3 is 15.0 Å². The predicted octanol–water partition coefficient (Wildman–Crippen LogP) is 5.34. The van der Waals surface area contributed by atoms with Crippen molar-refractivity contribution in [3.63, 3.8) is 0 Å². The Morgan fingerprint density at radius 1 is 0.968 bits per heavy atom. The van der Waals surface area contributed by atoms with E-state index in [1.54, 1.807) is 48.2 Å². The fourth-order valence-electron chi connectivity index (χ4n) is 2.91. The van der Waals surface area contributed by atoms with Crippen molar-refractivity contribution in [2.24, 2.45) is 5.92 Å². The zero-order valence-electron chi connectivity index (χ0n) is 18.2. The molecule has 0 aliphatic heterocycles. The second-order valence-corrected chi connectivity index (χ2v) is 8.74. The van der Waals surface area contributed by atoms with Crippen LogP contribution in [0, 0.1) is 5.92 Å². The summed E-state index contributed by atoms with van der Waals surface area (Å²) >= 11 is 11.8. The number of hydrogen-bond donors (Lipinski definition) is 1. The van der Waals surface area contributed by atoms with Crippen molar-refractivity contribution < 1.29 is 14.3 Å². The summed E-state index contributed by atoms with van der Waals surface area (Å²) in [6.07, 6.45) is 0.821. The van der Waals surface area contributed by atoms with Crippen LogP contribution in [-0.4, -0.2) is 35.9 Å². The van der Waals surface area contributed by atoms with Crippen LogP contribution in [0.25, 0.3) is 0 Å². The summed E-state index contributed by atoms with van der Waals surface area (Å²) in [4.78, 5) is 27.2. The molecule has 31 heavy (non-hydrogen) atoms. The van der Waals surface area contributed by atoms with Gasteiger partial charge in [0.1, 0.15) is 11.8 Å². The first kappa shape index (κ1) is 25.0. The minimum Gasteiger partial charge on any atom is -0.494 e. The zero-order chi connectivity index (χ0) is 22.8. The van der Waals surface area contributed by atoms with Gasteiger partial charge in [0.2, 0.25) is 11.8 Å². The molecule has 168 valence electrons. The number of hydrogen-bond acceptors (Lipinski definition) is 3. The number of nitrogens with zero attached hydrogens (tertiary/aromatic N) is 1. The molecule has 0 fully saturated rings. The van der Waals surface area contributed by atoms with Crippen molar-refractivity contribution in [3.05, 3.63) is 64.1 Å². The molecule has 2 aromatic carbocycles. The Hall–Kier alpha value is -2.24. The Labute approximate surface area is 194 Å². The Morgan fingerprint density at radius 2 is 1.55 bits per heavy atom. The molecule has 0 saturated carbocycles. The molecule has 0 radical (unpaired) electrons. The van der Waals surface area contributed by atoms with E-state index in [1.165, 1.54) is 0 Å². The van der Waals surface area contributed by atoms with Crippen molar-refractivity contribution in [1.82, 2.24) is 10.2 Å². The number of carbonyl (C=O) groups is 2. The molecule has 2 amide bonds. The maximum absolute atomic E-state index is 13.0.